The van der Waals surface area contributed by atoms with Crippen LogP contribution in [-0.4, -0.2) is 114 Å². The second-order valence-electron chi connectivity index (χ2n) is 9.44. The summed E-state index contributed by atoms with van der Waals surface area (Å²) in [5.74, 6) is 0.832. The van der Waals surface area contributed by atoms with Gasteiger partial charge in [0.2, 0.25) is 0 Å². The average Bonchev–Trinajstić information content (AvgIpc) is 2.95. The molecule has 2 aromatic rings. The van der Waals surface area contributed by atoms with Crippen molar-refractivity contribution in [2.45, 2.75) is 13.8 Å². The van der Waals surface area contributed by atoms with Crippen LogP contribution in [0.15, 0.2) is 36.4 Å². The summed E-state index contributed by atoms with van der Waals surface area (Å²) in [7, 11) is 5.73. The number of nitrogens with zero attached hydrogens (tertiary/aromatic N) is 1. The fourth-order valence-electron chi connectivity index (χ4n) is 3.69. The van der Waals surface area contributed by atoms with Crippen LogP contribution in [0.1, 0.15) is 11.1 Å². The Balaban J connectivity index is 1.47. The monoisotopic (exact) mass is 563 g/mol. The smallest absolute Gasteiger partial charge is 0.122 e. The number of ether oxygens (including phenoxy) is 8. The molecule has 9 nitrogen and oxygen atoms in total. The van der Waals surface area contributed by atoms with E-state index in [2.05, 4.69) is 55.1 Å². The minimum atomic E-state index is 0.472. The van der Waals surface area contributed by atoms with Crippen molar-refractivity contribution in [1.29, 1.82) is 0 Å². The van der Waals surface area contributed by atoms with Crippen molar-refractivity contribution < 1.29 is 37.9 Å². The van der Waals surface area contributed by atoms with E-state index < -0.39 is 0 Å². The van der Waals surface area contributed by atoms with E-state index in [1.165, 1.54) is 16.7 Å². The fourth-order valence-corrected chi connectivity index (χ4v) is 3.69. The van der Waals surface area contributed by atoms with Gasteiger partial charge in [-0.25, -0.2) is 0 Å². The molecule has 0 aliphatic carbocycles. The second kappa shape index (κ2) is 21.5. The molecule has 40 heavy (non-hydrogen) atoms. The number of methoxy groups -OCH3 is 1. The molecule has 0 bridgehead atoms. The first-order valence-electron chi connectivity index (χ1n) is 14.0. The standard InChI is InChI=1S/C31H49NO8/c1-26-6-7-27(2)31(22-26)28-23-29(32(3)4)25-30(24-28)40-21-20-39-19-18-38-17-16-37-15-14-36-13-12-35-11-10-34-9-8-33-5/h6-7,22-25H,8-21H2,1-5H3. The SMILES string of the molecule is COCCOCCOCCOCCOCCOCCOCCOc1cc(-c2cc(C)ccc2C)cc(N(C)C)c1. The Bertz CT molecular complexity index is 924. The highest BCUT2D eigenvalue weighted by atomic mass is 16.6. The van der Waals surface area contributed by atoms with Gasteiger partial charge in [-0.2, -0.15) is 0 Å². The second-order valence-corrected chi connectivity index (χ2v) is 9.44. The zero-order valence-corrected chi connectivity index (χ0v) is 25.1. The highest BCUT2D eigenvalue weighted by Crippen LogP contribution is 2.32. The van der Waals surface area contributed by atoms with Crippen LogP contribution < -0.4 is 9.64 Å². The number of aryl methyl sites for hydroxylation is 2. The Morgan fingerprint density at radius 1 is 0.550 bits per heavy atom. The van der Waals surface area contributed by atoms with E-state index in [0.717, 1.165) is 17.0 Å². The Morgan fingerprint density at radius 2 is 1.02 bits per heavy atom. The molecule has 9 heteroatoms. The van der Waals surface area contributed by atoms with E-state index in [1.54, 1.807) is 7.11 Å². The third-order valence-corrected chi connectivity index (χ3v) is 5.90. The lowest BCUT2D eigenvalue weighted by atomic mass is 9.97. The molecule has 0 aliphatic heterocycles. The van der Waals surface area contributed by atoms with Gasteiger partial charge in [0.15, 0.2) is 0 Å². The van der Waals surface area contributed by atoms with E-state index in [1.807, 2.05) is 14.1 Å². The lowest BCUT2D eigenvalue weighted by Crippen LogP contribution is -2.15. The summed E-state index contributed by atoms with van der Waals surface area (Å²) in [5.41, 5.74) is 5.95. The summed E-state index contributed by atoms with van der Waals surface area (Å²) in [4.78, 5) is 2.09. The summed E-state index contributed by atoms with van der Waals surface area (Å²) in [5, 5.41) is 0. The minimum absolute atomic E-state index is 0.472. The number of anilines is 1. The van der Waals surface area contributed by atoms with Gasteiger partial charge in [-0.1, -0.05) is 23.8 Å². The molecule has 0 N–H and O–H groups in total. The van der Waals surface area contributed by atoms with Gasteiger partial charge in [0.05, 0.1) is 85.9 Å². The van der Waals surface area contributed by atoms with Crippen LogP contribution in [0.2, 0.25) is 0 Å². The van der Waals surface area contributed by atoms with Crippen LogP contribution >= 0.6 is 0 Å². The molecule has 0 spiro atoms. The van der Waals surface area contributed by atoms with Crippen molar-refractivity contribution in [3.8, 4) is 16.9 Å². The highest BCUT2D eigenvalue weighted by Gasteiger charge is 2.09. The molecule has 0 fully saturated rings. The molecule has 0 unspecified atom stereocenters. The maximum atomic E-state index is 6.02. The fraction of sp³-hybridized carbons (Fsp3) is 0.613. The molecule has 0 heterocycles. The van der Waals surface area contributed by atoms with E-state index in [-0.39, 0.29) is 0 Å². The first-order chi connectivity index (χ1) is 19.5. The predicted octanol–water partition coefficient (Wildman–Crippen LogP) is 4.16. The Hall–Kier alpha value is -2.24. The maximum Gasteiger partial charge on any atom is 0.122 e. The summed E-state index contributed by atoms with van der Waals surface area (Å²) in [6, 6.07) is 12.9. The van der Waals surface area contributed by atoms with Gasteiger partial charge >= 0.3 is 0 Å². The predicted molar refractivity (Wildman–Crippen MR) is 158 cm³/mol. The maximum absolute atomic E-state index is 6.02. The minimum Gasteiger partial charge on any atom is -0.491 e. The molecule has 0 aromatic heterocycles. The van der Waals surface area contributed by atoms with Crippen molar-refractivity contribution >= 4 is 5.69 Å². The number of hydrogen-bond donors (Lipinski definition) is 0. The number of hydrogen-bond acceptors (Lipinski definition) is 9. The van der Waals surface area contributed by atoms with E-state index in [9.17, 15) is 0 Å². The van der Waals surface area contributed by atoms with Gasteiger partial charge in [0.1, 0.15) is 12.4 Å². The Labute approximate surface area is 240 Å². The van der Waals surface area contributed by atoms with Crippen molar-refractivity contribution in [1.82, 2.24) is 0 Å². The molecular weight excluding hydrogens is 514 g/mol. The summed E-state index contributed by atoms with van der Waals surface area (Å²) >= 11 is 0. The van der Waals surface area contributed by atoms with E-state index in [4.69, 9.17) is 37.9 Å². The third-order valence-electron chi connectivity index (χ3n) is 5.90. The zero-order chi connectivity index (χ0) is 28.8. The molecule has 0 saturated heterocycles. The van der Waals surface area contributed by atoms with Crippen LogP contribution in [0.4, 0.5) is 5.69 Å². The largest absolute Gasteiger partial charge is 0.491 e. The number of rotatable bonds is 24. The lowest BCUT2D eigenvalue weighted by Gasteiger charge is -2.18. The van der Waals surface area contributed by atoms with Crippen molar-refractivity contribution in [2.24, 2.45) is 0 Å². The quantitative estimate of drug-likeness (QED) is 0.175. The van der Waals surface area contributed by atoms with E-state index >= 15 is 0 Å². The van der Waals surface area contributed by atoms with Crippen LogP contribution in [0.3, 0.4) is 0 Å². The molecule has 2 aromatic carbocycles. The lowest BCUT2D eigenvalue weighted by molar-refractivity contribution is -0.0199. The topological polar surface area (TPSA) is 77.1 Å². The van der Waals surface area contributed by atoms with Crippen LogP contribution in [0.25, 0.3) is 11.1 Å². The molecule has 2 rings (SSSR count). The Morgan fingerprint density at radius 3 is 1.50 bits per heavy atom. The summed E-state index contributed by atoms with van der Waals surface area (Å²) < 4.78 is 43.8. The van der Waals surface area contributed by atoms with Gasteiger partial charge in [0, 0.05) is 33.0 Å². The van der Waals surface area contributed by atoms with Crippen molar-refractivity contribution in [3.63, 3.8) is 0 Å². The van der Waals surface area contributed by atoms with Gasteiger partial charge in [0.25, 0.3) is 0 Å². The molecular formula is C31H49NO8. The van der Waals surface area contributed by atoms with Gasteiger partial charge in [-0.3, -0.25) is 0 Å². The van der Waals surface area contributed by atoms with Crippen LogP contribution in [0.5, 0.6) is 5.75 Å². The normalized spacial score (nSPS) is 11.2. The van der Waals surface area contributed by atoms with Crippen molar-refractivity contribution in [2.75, 3.05) is 119 Å². The van der Waals surface area contributed by atoms with Crippen LogP contribution in [0, 0.1) is 13.8 Å². The third kappa shape index (κ3) is 14.9. The molecule has 0 saturated carbocycles. The average molecular weight is 564 g/mol. The summed E-state index contributed by atoms with van der Waals surface area (Å²) in [6.45, 7) is 11.7. The van der Waals surface area contributed by atoms with Crippen LogP contribution in [-0.2, 0) is 33.2 Å². The van der Waals surface area contributed by atoms with Gasteiger partial charge < -0.3 is 42.8 Å². The molecule has 0 amide bonds. The molecule has 0 radical (unpaired) electrons. The zero-order valence-electron chi connectivity index (χ0n) is 25.1. The number of benzene rings is 2. The van der Waals surface area contributed by atoms with Gasteiger partial charge in [-0.05, 0) is 42.7 Å². The first-order valence-corrected chi connectivity index (χ1v) is 14.0. The van der Waals surface area contributed by atoms with Gasteiger partial charge in [-0.15, -0.1) is 0 Å². The van der Waals surface area contributed by atoms with Crippen molar-refractivity contribution in [3.05, 3.63) is 47.5 Å². The first kappa shape index (κ1) is 34.0. The molecule has 0 aliphatic rings. The molecule has 226 valence electrons. The molecule has 0 atom stereocenters. The summed E-state index contributed by atoms with van der Waals surface area (Å²) in [6.07, 6.45) is 0. The van der Waals surface area contributed by atoms with E-state index in [0.29, 0.717) is 92.5 Å². The Kier molecular flexibility index (Phi) is 18.3. The highest BCUT2D eigenvalue weighted by molar-refractivity contribution is 5.73.